The van der Waals surface area contributed by atoms with Gasteiger partial charge in [-0.3, -0.25) is 4.68 Å². The van der Waals surface area contributed by atoms with Crippen LogP contribution in [0.3, 0.4) is 0 Å². The Morgan fingerprint density at radius 2 is 2.54 bits per heavy atom. The summed E-state index contributed by atoms with van der Waals surface area (Å²) >= 11 is 3.29. The van der Waals surface area contributed by atoms with Crippen LogP contribution >= 0.6 is 15.9 Å². The van der Waals surface area contributed by atoms with Gasteiger partial charge in [0, 0.05) is 37.2 Å². The predicted octanol–water partition coefficient (Wildman–Crippen LogP) is 1.46. The highest BCUT2D eigenvalue weighted by atomic mass is 79.9. The van der Waals surface area contributed by atoms with Crippen molar-refractivity contribution < 1.29 is 0 Å². The van der Waals surface area contributed by atoms with Crippen molar-refractivity contribution in [1.82, 2.24) is 15.1 Å². The summed E-state index contributed by atoms with van der Waals surface area (Å²) in [6.07, 6.45) is 2.92. The molecule has 1 aromatic rings. The highest BCUT2D eigenvalue weighted by molar-refractivity contribution is 9.11. The van der Waals surface area contributed by atoms with E-state index in [0.717, 1.165) is 29.7 Å². The van der Waals surface area contributed by atoms with Crippen LogP contribution in [-0.4, -0.2) is 22.9 Å². The summed E-state index contributed by atoms with van der Waals surface area (Å²) < 4.78 is 2.80. The van der Waals surface area contributed by atoms with Gasteiger partial charge >= 0.3 is 0 Å². The molecular weight excluding hydrogens is 230 g/mol. The molecule has 0 aliphatic heterocycles. The molecule has 0 aliphatic rings. The van der Waals surface area contributed by atoms with Crippen LogP contribution in [-0.2, 0) is 13.5 Å². The SMILES string of the molecule is C=C(Br)CNCCc1ccn(C)n1. The summed E-state index contributed by atoms with van der Waals surface area (Å²) in [5, 5.41) is 7.52. The summed E-state index contributed by atoms with van der Waals surface area (Å²) in [7, 11) is 1.93. The van der Waals surface area contributed by atoms with Crippen molar-refractivity contribution in [3.05, 3.63) is 29.0 Å². The molecule has 72 valence electrons. The van der Waals surface area contributed by atoms with E-state index in [4.69, 9.17) is 0 Å². The standard InChI is InChI=1S/C9H14BrN3/c1-8(10)7-11-5-3-9-4-6-13(2)12-9/h4,6,11H,1,3,5,7H2,2H3. The Kier molecular flexibility index (Phi) is 4.18. The minimum Gasteiger partial charge on any atom is -0.312 e. The molecule has 0 bridgehead atoms. The molecule has 1 aromatic heterocycles. The molecule has 0 fully saturated rings. The number of hydrogen-bond donors (Lipinski definition) is 1. The third kappa shape index (κ3) is 4.24. The summed E-state index contributed by atoms with van der Waals surface area (Å²) in [6.45, 7) is 5.48. The van der Waals surface area contributed by atoms with Crippen LogP contribution in [0.2, 0.25) is 0 Å². The lowest BCUT2D eigenvalue weighted by Crippen LogP contribution is -2.18. The van der Waals surface area contributed by atoms with Gasteiger partial charge in [-0.2, -0.15) is 5.10 Å². The van der Waals surface area contributed by atoms with Gasteiger partial charge in [-0.15, -0.1) is 0 Å². The van der Waals surface area contributed by atoms with Gasteiger partial charge in [-0.25, -0.2) is 0 Å². The summed E-state index contributed by atoms with van der Waals surface area (Å²) in [4.78, 5) is 0. The molecule has 4 heteroatoms. The monoisotopic (exact) mass is 243 g/mol. The second kappa shape index (κ2) is 5.19. The number of hydrogen-bond acceptors (Lipinski definition) is 2. The molecular formula is C9H14BrN3. The summed E-state index contributed by atoms with van der Waals surface area (Å²) in [6, 6.07) is 2.03. The first-order valence-electron chi connectivity index (χ1n) is 4.21. The van der Waals surface area contributed by atoms with Crippen LogP contribution < -0.4 is 5.32 Å². The molecule has 13 heavy (non-hydrogen) atoms. The van der Waals surface area contributed by atoms with Crippen LogP contribution in [0.5, 0.6) is 0 Å². The van der Waals surface area contributed by atoms with Crippen LogP contribution in [0.1, 0.15) is 5.69 Å². The molecule has 0 aliphatic carbocycles. The van der Waals surface area contributed by atoms with Crippen LogP contribution in [0.25, 0.3) is 0 Å². The molecule has 0 atom stereocenters. The van der Waals surface area contributed by atoms with Gasteiger partial charge in [0.1, 0.15) is 0 Å². The van der Waals surface area contributed by atoms with Gasteiger partial charge in [0.25, 0.3) is 0 Å². The van der Waals surface area contributed by atoms with Crippen molar-refractivity contribution in [3.63, 3.8) is 0 Å². The van der Waals surface area contributed by atoms with E-state index in [1.54, 1.807) is 0 Å². The van der Waals surface area contributed by atoms with Gasteiger partial charge in [0.2, 0.25) is 0 Å². The first-order valence-corrected chi connectivity index (χ1v) is 5.00. The number of aromatic nitrogens is 2. The lowest BCUT2D eigenvalue weighted by molar-refractivity contribution is 0.699. The molecule has 0 saturated heterocycles. The normalized spacial score (nSPS) is 10.3. The van der Waals surface area contributed by atoms with Gasteiger partial charge in [-0.05, 0) is 6.07 Å². The fourth-order valence-corrected chi connectivity index (χ4v) is 1.24. The van der Waals surface area contributed by atoms with E-state index < -0.39 is 0 Å². The lowest BCUT2D eigenvalue weighted by atomic mass is 10.3. The Morgan fingerprint density at radius 3 is 3.08 bits per heavy atom. The van der Waals surface area contributed by atoms with E-state index in [2.05, 4.69) is 32.9 Å². The number of nitrogens with one attached hydrogen (secondary N) is 1. The van der Waals surface area contributed by atoms with Crippen LogP contribution in [0.4, 0.5) is 0 Å². The zero-order valence-corrected chi connectivity index (χ0v) is 9.34. The van der Waals surface area contributed by atoms with Crippen LogP contribution in [0.15, 0.2) is 23.3 Å². The van der Waals surface area contributed by atoms with Crippen molar-refractivity contribution in [3.8, 4) is 0 Å². The molecule has 0 radical (unpaired) electrons. The van der Waals surface area contributed by atoms with Crippen molar-refractivity contribution >= 4 is 15.9 Å². The molecule has 0 unspecified atom stereocenters. The highest BCUT2D eigenvalue weighted by Gasteiger charge is 1.95. The zero-order chi connectivity index (χ0) is 9.68. The lowest BCUT2D eigenvalue weighted by Gasteiger charge is -2.00. The molecule has 0 aromatic carbocycles. The number of nitrogens with zero attached hydrogens (tertiary/aromatic N) is 2. The second-order valence-corrected chi connectivity index (χ2v) is 4.05. The third-order valence-corrected chi connectivity index (χ3v) is 1.92. The van der Waals surface area contributed by atoms with E-state index in [1.807, 2.05) is 24.0 Å². The van der Waals surface area contributed by atoms with Crippen molar-refractivity contribution in [2.24, 2.45) is 7.05 Å². The van der Waals surface area contributed by atoms with E-state index in [9.17, 15) is 0 Å². The van der Waals surface area contributed by atoms with Gasteiger partial charge in [0.15, 0.2) is 0 Å². The quantitative estimate of drug-likeness (QED) is 0.795. The van der Waals surface area contributed by atoms with Crippen molar-refractivity contribution in [2.45, 2.75) is 6.42 Å². The first kappa shape index (κ1) is 10.5. The van der Waals surface area contributed by atoms with Crippen LogP contribution in [0, 0.1) is 0 Å². The van der Waals surface area contributed by atoms with E-state index in [1.165, 1.54) is 0 Å². The maximum atomic E-state index is 4.27. The molecule has 0 saturated carbocycles. The van der Waals surface area contributed by atoms with E-state index >= 15 is 0 Å². The minimum atomic E-state index is 0.812. The molecule has 1 heterocycles. The number of aryl methyl sites for hydroxylation is 1. The average Bonchev–Trinajstić information content (AvgIpc) is 2.45. The fraction of sp³-hybridized carbons (Fsp3) is 0.444. The topological polar surface area (TPSA) is 29.9 Å². The fourth-order valence-electron chi connectivity index (χ4n) is 1.04. The Morgan fingerprint density at radius 1 is 1.77 bits per heavy atom. The summed E-state index contributed by atoms with van der Waals surface area (Å²) in [5.74, 6) is 0. The molecule has 1 rings (SSSR count). The zero-order valence-electron chi connectivity index (χ0n) is 7.76. The number of halogens is 1. The molecule has 0 spiro atoms. The maximum absolute atomic E-state index is 4.27. The van der Waals surface area contributed by atoms with E-state index in [0.29, 0.717) is 0 Å². The smallest absolute Gasteiger partial charge is 0.0637 e. The number of rotatable bonds is 5. The Hall–Kier alpha value is -0.610. The Labute approximate surface area is 87.0 Å². The van der Waals surface area contributed by atoms with Crippen molar-refractivity contribution in [1.29, 1.82) is 0 Å². The Bertz CT molecular complexity index is 280. The predicted molar refractivity (Wildman–Crippen MR) is 57.8 cm³/mol. The summed E-state index contributed by atoms with van der Waals surface area (Å²) in [5.41, 5.74) is 1.12. The molecule has 1 N–H and O–H groups in total. The van der Waals surface area contributed by atoms with Gasteiger partial charge < -0.3 is 5.32 Å². The van der Waals surface area contributed by atoms with Gasteiger partial charge in [0.05, 0.1) is 5.69 Å². The van der Waals surface area contributed by atoms with Gasteiger partial charge in [-0.1, -0.05) is 22.5 Å². The van der Waals surface area contributed by atoms with E-state index in [-0.39, 0.29) is 0 Å². The molecule has 0 amide bonds. The molecule has 3 nitrogen and oxygen atoms in total. The van der Waals surface area contributed by atoms with Crippen molar-refractivity contribution in [2.75, 3.05) is 13.1 Å². The second-order valence-electron chi connectivity index (χ2n) is 2.92. The maximum Gasteiger partial charge on any atom is 0.0637 e. The first-order chi connectivity index (χ1) is 6.18. The minimum absolute atomic E-state index is 0.812. The Balaban J connectivity index is 2.16. The average molecular weight is 244 g/mol. The highest BCUT2D eigenvalue weighted by Crippen LogP contribution is 1.97. The third-order valence-electron chi connectivity index (χ3n) is 1.64. The largest absolute Gasteiger partial charge is 0.312 e.